The molecular weight excluding hydrogens is 312 g/mol. The van der Waals surface area contributed by atoms with Crippen LogP contribution in [-0.2, 0) is 0 Å². The summed E-state index contributed by atoms with van der Waals surface area (Å²) in [5.74, 6) is -2.10. The van der Waals surface area contributed by atoms with E-state index in [2.05, 4.69) is 15.4 Å². The molecule has 0 aliphatic heterocycles. The van der Waals surface area contributed by atoms with Crippen molar-refractivity contribution in [3.8, 4) is 5.69 Å². The molecule has 1 aromatic heterocycles. The van der Waals surface area contributed by atoms with Crippen LogP contribution in [0.3, 0.4) is 0 Å². The minimum absolute atomic E-state index is 0.0595. The van der Waals surface area contributed by atoms with E-state index in [0.29, 0.717) is 5.69 Å². The summed E-state index contributed by atoms with van der Waals surface area (Å²) in [5.41, 5.74) is -0.0117. The predicted molar refractivity (Wildman–Crippen MR) is 85.5 cm³/mol. The van der Waals surface area contributed by atoms with E-state index < -0.39 is 17.6 Å². The largest absolute Gasteiger partial charge is 0.478 e. The van der Waals surface area contributed by atoms with E-state index in [1.165, 1.54) is 12.1 Å². The maximum absolute atomic E-state index is 12.2. The first-order valence-corrected chi connectivity index (χ1v) is 6.94. The fourth-order valence-electron chi connectivity index (χ4n) is 2.13. The number of nitrogens with zero attached hydrogens (tertiary/aromatic N) is 2. The third-order valence-electron chi connectivity index (χ3n) is 3.24. The molecule has 0 bridgehead atoms. The lowest BCUT2D eigenvalue weighted by Gasteiger charge is -2.06. The summed E-state index contributed by atoms with van der Waals surface area (Å²) in [7, 11) is 0. The van der Waals surface area contributed by atoms with Gasteiger partial charge in [-0.25, -0.2) is 9.59 Å². The average molecular weight is 324 g/mol. The SMILES string of the molecule is O=C(Nc1ccccc1C(=O)O)c1nn(-c2ccccc2)c(=O)[nH]1. The number of anilines is 1. The van der Waals surface area contributed by atoms with Crippen molar-refractivity contribution in [3.63, 3.8) is 0 Å². The molecule has 8 nitrogen and oxygen atoms in total. The molecule has 1 amide bonds. The number of carboxylic acids is 1. The molecule has 0 radical (unpaired) electrons. The first-order valence-electron chi connectivity index (χ1n) is 6.94. The number of amides is 1. The van der Waals surface area contributed by atoms with Crippen LogP contribution in [0, 0.1) is 0 Å². The van der Waals surface area contributed by atoms with Gasteiger partial charge in [-0.3, -0.25) is 9.78 Å². The van der Waals surface area contributed by atoms with Crippen LogP contribution >= 0.6 is 0 Å². The van der Waals surface area contributed by atoms with Crippen molar-refractivity contribution in [2.75, 3.05) is 5.32 Å². The molecule has 0 saturated heterocycles. The number of carbonyl (C=O) groups is 2. The van der Waals surface area contributed by atoms with Gasteiger partial charge in [0.15, 0.2) is 0 Å². The van der Waals surface area contributed by atoms with E-state index in [4.69, 9.17) is 5.11 Å². The Kier molecular flexibility index (Phi) is 3.94. The average Bonchev–Trinajstić information content (AvgIpc) is 2.98. The molecule has 2 aromatic carbocycles. The first kappa shape index (κ1) is 15.2. The number of nitrogens with one attached hydrogen (secondary N) is 2. The van der Waals surface area contributed by atoms with Gasteiger partial charge in [-0.2, -0.15) is 4.68 Å². The number of aromatic carboxylic acids is 1. The fourth-order valence-corrected chi connectivity index (χ4v) is 2.13. The quantitative estimate of drug-likeness (QED) is 0.672. The highest BCUT2D eigenvalue weighted by atomic mass is 16.4. The third-order valence-corrected chi connectivity index (χ3v) is 3.24. The maximum atomic E-state index is 12.2. The Morgan fingerprint density at radius 1 is 1.04 bits per heavy atom. The second kappa shape index (κ2) is 6.21. The summed E-state index contributed by atoms with van der Waals surface area (Å²) < 4.78 is 1.05. The molecule has 0 fully saturated rings. The van der Waals surface area contributed by atoms with Crippen molar-refractivity contribution in [1.29, 1.82) is 0 Å². The normalized spacial score (nSPS) is 10.3. The lowest BCUT2D eigenvalue weighted by Crippen LogP contribution is -2.17. The van der Waals surface area contributed by atoms with E-state index in [0.717, 1.165) is 4.68 Å². The molecule has 3 aromatic rings. The first-order chi connectivity index (χ1) is 11.6. The molecule has 3 rings (SSSR count). The Bertz CT molecular complexity index is 959. The standard InChI is InChI=1S/C16H12N4O4/c21-14(17-12-9-5-4-8-11(12)15(22)23)13-18-16(24)20(19-13)10-6-2-1-3-7-10/h1-9H,(H,17,21)(H,22,23)(H,18,19,24). The zero-order valence-corrected chi connectivity index (χ0v) is 12.3. The van der Waals surface area contributed by atoms with E-state index in [-0.39, 0.29) is 17.1 Å². The van der Waals surface area contributed by atoms with Crippen LogP contribution < -0.4 is 11.0 Å². The van der Waals surface area contributed by atoms with E-state index >= 15 is 0 Å². The van der Waals surface area contributed by atoms with Crippen molar-refractivity contribution in [2.24, 2.45) is 0 Å². The molecule has 0 aliphatic carbocycles. The van der Waals surface area contributed by atoms with Crippen molar-refractivity contribution >= 4 is 17.6 Å². The van der Waals surface area contributed by atoms with E-state index in [9.17, 15) is 14.4 Å². The van der Waals surface area contributed by atoms with E-state index in [1.807, 2.05) is 0 Å². The van der Waals surface area contributed by atoms with Gasteiger partial charge in [0.25, 0.3) is 5.91 Å². The van der Waals surface area contributed by atoms with Gasteiger partial charge in [-0.05, 0) is 24.3 Å². The second-order valence-electron chi connectivity index (χ2n) is 4.83. The van der Waals surface area contributed by atoms with Gasteiger partial charge >= 0.3 is 11.7 Å². The van der Waals surface area contributed by atoms with Crippen LogP contribution in [0.2, 0.25) is 0 Å². The number of carbonyl (C=O) groups excluding carboxylic acids is 1. The molecule has 0 spiro atoms. The minimum Gasteiger partial charge on any atom is -0.478 e. The highest BCUT2D eigenvalue weighted by Crippen LogP contribution is 2.15. The van der Waals surface area contributed by atoms with Gasteiger partial charge in [0.1, 0.15) is 0 Å². The predicted octanol–water partition coefficient (Wildman–Crippen LogP) is 1.51. The van der Waals surface area contributed by atoms with Gasteiger partial charge in [0.05, 0.1) is 16.9 Å². The number of hydrogen-bond donors (Lipinski definition) is 3. The summed E-state index contributed by atoms with van der Waals surface area (Å²) >= 11 is 0. The van der Waals surface area contributed by atoms with Gasteiger partial charge in [-0.15, -0.1) is 5.10 Å². The summed E-state index contributed by atoms with van der Waals surface area (Å²) in [6.07, 6.45) is 0. The van der Waals surface area contributed by atoms with Crippen molar-refractivity contribution < 1.29 is 14.7 Å². The van der Waals surface area contributed by atoms with Gasteiger partial charge in [0.2, 0.25) is 5.82 Å². The highest BCUT2D eigenvalue weighted by Gasteiger charge is 2.17. The van der Waals surface area contributed by atoms with Crippen molar-refractivity contribution in [3.05, 3.63) is 76.5 Å². The van der Waals surface area contributed by atoms with Gasteiger partial charge in [-0.1, -0.05) is 30.3 Å². The number of benzene rings is 2. The summed E-state index contributed by atoms with van der Waals surface area (Å²) in [6, 6.07) is 14.6. The molecule has 0 saturated carbocycles. The van der Waals surface area contributed by atoms with Crippen LogP contribution in [0.4, 0.5) is 5.69 Å². The zero-order valence-electron chi connectivity index (χ0n) is 12.3. The van der Waals surface area contributed by atoms with Gasteiger partial charge in [0, 0.05) is 0 Å². The lowest BCUT2D eigenvalue weighted by molar-refractivity contribution is 0.0698. The molecule has 24 heavy (non-hydrogen) atoms. The monoisotopic (exact) mass is 324 g/mol. The van der Waals surface area contributed by atoms with Crippen molar-refractivity contribution in [2.45, 2.75) is 0 Å². The van der Waals surface area contributed by atoms with Crippen LogP contribution in [0.25, 0.3) is 5.69 Å². The topological polar surface area (TPSA) is 117 Å². The summed E-state index contributed by atoms with van der Waals surface area (Å²) in [5, 5.41) is 15.5. The van der Waals surface area contributed by atoms with Crippen LogP contribution in [0.5, 0.6) is 0 Å². The molecule has 0 aliphatic rings. The Hall–Kier alpha value is -3.68. The zero-order chi connectivity index (χ0) is 17.1. The van der Waals surface area contributed by atoms with Crippen LogP contribution in [-0.4, -0.2) is 31.7 Å². The Morgan fingerprint density at radius 2 is 1.71 bits per heavy atom. The van der Waals surface area contributed by atoms with Gasteiger partial charge < -0.3 is 10.4 Å². The number of H-pyrrole nitrogens is 1. The molecule has 8 heteroatoms. The number of para-hydroxylation sites is 2. The molecular formula is C16H12N4O4. The smallest absolute Gasteiger partial charge is 0.348 e. The number of aromatic amines is 1. The highest BCUT2D eigenvalue weighted by molar-refractivity contribution is 6.05. The Morgan fingerprint density at radius 3 is 2.42 bits per heavy atom. The van der Waals surface area contributed by atoms with E-state index in [1.54, 1.807) is 42.5 Å². The number of rotatable bonds is 4. The third kappa shape index (κ3) is 2.93. The van der Waals surface area contributed by atoms with Crippen molar-refractivity contribution in [1.82, 2.24) is 14.8 Å². The van der Waals surface area contributed by atoms with Crippen LogP contribution in [0.15, 0.2) is 59.4 Å². The lowest BCUT2D eigenvalue weighted by atomic mass is 10.2. The Balaban J connectivity index is 1.90. The molecule has 3 N–H and O–H groups in total. The number of carboxylic acid groups (broad SMARTS) is 1. The Labute approximate surface area is 135 Å². The minimum atomic E-state index is -1.17. The molecule has 0 atom stereocenters. The number of hydrogen-bond acceptors (Lipinski definition) is 4. The molecule has 0 unspecified atom stereocenters. The summed E-state index contributed by atoms with van der Waals surface area (Å²) in [6.45, 7) is 0. The fraction of sp³-hybridized carbons (Fsp3) is 0. The second-order valence-corrected chi connectivity index (χ2v) is 4.83. The molecule has 120 valence electrons. The number of aromatic nitrogens is 3. The maximum Gasteiger partial charge on any atom is 0.348 e. The summed E-state index contributed by atoms with van der Waals surface area (Å²) in [4.78, 5) is 37.7. The van der Waals surface area contributed by atoms with Crippen LogP contribution in [0.1, 0.15) is 21.0 Å². The molecule has 1 heterocycles.